The van der Waals surface area contributed by atoms with Gasteiger partial charge in [0, 0.05) is 18.8 Å². The normalized spacial score (nSPS) is 10.4. The minimum absolute atomic E-state index is 0.124. The summed E-state index contributed by atoms with van der Waals surface area (Å²) in [6.07, 6.45) is 1.30. The van der Waals surface area contributed by atoms with Crippen molar-refractivity contribution in [2.45, 2.75) is 26.9 Å². The molecule has 0 spiro atoms. The summed E-state index contributed by atoms with van der Waals surface area (Å²) >= 11 is 0. The predicted molar refractivity (Wildman–Crippen MR) is 79.1 cm³/mol. The molecule has 21 heavy (non-hydrogen) atoms. The van der Waals surface area contributed by atoms with Gasteiger partial charge in [-0.3, -0.25) is 19.1 Å². The lowest BCUT2D eigenvalue weighted by Gasteiger charge is -2.09. The van der Waals surface area contributed by atoms with E-state index in [0.717, 1.165) is 15.7 Å². The van der Waals surface area contributed by atoms with E-state index in [1.165, 1.54) is 17.8 Å². The molecule has 0 aliphatic heterocycles. The second-order valence-corrected chi connectivity index (χ2v) is 4.94. The van der Waals surface area contributed by atoms with Gasteiger partial charge in [-0.05, 0) is 25.0 Å². The van der Waals surface area contributed by atoms with Gasteiger partial charge in [0.05, 0.1) is 0 Å². The van der Waals surface area contributed by atoms with Crippen molar-refractivity contribution in [2.24, 2.45) is 0 Å². The zero-order valence-electron chi connectivity index (χ0n) is 12.0. The number of amides is 1. The summed E-state index contributed by atoms with van der Waals surface area (Å²) in [6, 6.07) is 7.21. The van der Waals surface area contributed by atoms with Gasteiger partial charge >= 0.3 is 5.69 Å². The molecule has 1 heterocycles. The molecule has 6 heteroatoms. The summed E-state index contributed by atoms with van der Waals surface area (Å²) in [4.78, 5) is 36.3. The molecule has 1 amide bonds. The van der Waals surface area contributed by atoms with Crippen LogP contribution in [0.4, 0.5) is 0 Å². The Morgan fingerprint density at radius 2 is 2.00 bits per heavy atom. The maximum atomic E-state index is 11.8. The molecule has 0 saturated carbocycles. The van der Waals surface area contributed by atoms with E-state index in [1.807, 2.05) is 32.0 Å². The Balaban J connectivity index is 1.99. The fourth-order valence-corrected chi connectivity index (χ4v) is 2.02. The van der Waals surface area contributed by atoms with Crippen molar-refractivity contribution in [3.8, 4) is 0 Å². The number of H-pyrrole nitrogens is 1. The molecule has 2 aromatic rings. The smallest absolute Gasteiger partial charge is 0.328 e. The van der Waals surface area contributed by atoms with Crippen molar-refractivity contribution in [2.75, 3.05) is 0 Å². The van der Waals surface area contributed by atoms with E-state index < -0.39 is 11.2 Å². The Bertz CT molecular complexity index is 774. The fraction of sp³-hybridized carbons (Fsp3) is 0.267. The third kappa shape index (κ3) is 3.92. The Hall–Kier alpha value is -2.63. The molecule has 110 valence electrons. The van der Waals surface area contributed by atoms with Crippen LogP contribution in [-0.2, 0) is 17.9 Å². The van der Waals surface area contributed by atoms with Crippen molar-refractivity contribution in [3.05, 3.63) is 68.0 Å². The standard InChI is InChI=1S/C15H17N3O3/c1-10-3-4-12(11(2)7-10)8-16-14(20)9-18-6-5-13(19)17-15(18)21/h3-7H,8-9H2,1-2H3,(H,16,20)(H,17,19,21). The van der Waals surface area contributed by atoms with E-state index >= 15 is 0 Å². The van der Waals surface area contributed by atoms with E-state index in [4.69, 9.17) is 0 Å². The zero-order chi connectivity index (χ0) is 15.4. The van der Waals surface area contributed by atoms with Gasteiger partial charge in [-0.15, -0.1) is 0 Å². The van der Waals surface area contributed by atoms with Gasteiger partial charge in [-0.2, -0.15) is 0 Å². The first-order valence-electron chi connectivity index (χ1n) is 6.58. The van der Waals surface area contributed by atoms with Crippen molar-refractivity contribution in [3.63, 3.8) is 0 Å². The number of hydrogen-bond acceptors (Lipinski definition) is 3. The number of aromatic amines is 1. The Morgan fingerprint density at radius 3 is 2.67 bits per heavy atom. The van der Waals surface area contributed by atoms with Crippen LogP contribution < -0.4 is 16.6 Å². The molecule has 1 aromatic heterocycles. The third-order valence-electron chi connectivity index (χ3n) is 3.18. The van der Waals surface area contributed by atoms with Crippen LogP contribution in [0.2, 0.25) is 0 Å². The molecule has 0 atom stereocenters. The molecular weight excluding hydrogens is 270 g/mol. The summed E-state index contributed by atoms with van der Waals surface area (Å²) < 4.78 is 1.15. The summed E-state index contributed by atoms with van der Waals surface area (Å²) in [6.45, 7) is 4.28. The molecule has 6 nitrogen and oxygen atoms in total. The number of hydrogen-bond donors (Lipinski definition) is 2. The molecule has 0 unspecified atom stereocenters. The Kier molecular flexibility index (Phi) is 4.37. The van der Waals surface area contributed by atoms with Crippen LogP contribution in [0, 0.1) is 13.8 Å². The largest absolute Gasteiger partial charge is 0.350 e. The highest BCUT2D eigenvalue weighted by Gasteiger charge is 2.06. The topological polar surface area (TPSA) is 84.0 Å². The molecule has 1 aromatic carbocycles. The quantitative estimate of drug-likeness (QED) is 0.857. The highest BCUT2D eigenvalue weighted by atomic mass is 16.2. The van der Waals surface area contributed by atoms with Gasteiger partial charge in [0.2, 0.25) is 5.91 Å². The highest BCUT2D eigenvalue weighted by Crippen LogP contribution is 2.09. The average Bonchev–Trinajstić information content (AvgIpc) is 2.41. The second-order valence-electron chi connectivity index (χ2n) is 4.94. The molecule has 0 aliphatic carbocycles. The number of carbonyl (C=O) groups excluding carboxylic acids is 1. The van der Waals surface area contributed by atoms with Gasteiger partial charge in [0.15, 0.2) is 0 Å². The van der Waals surface area contributed by atoms with Crippen LogP contribution in [0.15, 0.2) is 40.1 Å². The van der Waals surface area contributed by atoms with Gasteiger partial charge in [0.25, 0.3) is 5.56 Å². The van der Waals surface area contributed by atoms with E-state index in [0.29, 0.717) is 6.54 Å². The molecule has 0 aliphatic rings. The number of benzene rings is 1. The summed E-state index contributed by atoms with van der Waals surface area (Å²) in [5, 5.41) is 2.76. The van der Waals surface area contributed by atoms with E-state index in [9.17, 15) is 14.4 Å². The number of rotatable bonds is 4. The molecule has 0 fully saturated rings. The zero-order valence-corrected chi connectivity index (χ0v) is 12.0. The van der Waals surface area contributed by atoms with E-state index in [-0.39, 0.29) is 12.5 Å². The average molecular weight is 287 g/mol. The summed E-state index contributed by atoms with van der Waals surface area (Å²) in [7, 11) is 0. The minimum Gasteiger partial charge on any atom is -0.350 e. The maximum absolute atomic E-state index is 11.8. The van der Waals surface area contributed by atoms with Gasteiger partial charge in [-0.25, -0.2) is 4.79 Å². The second kappa shape index (κ2) is 6.21. The van der Waals surface area contributed by atoms with Gasteiger partial charge in [-0.1, -0.05) is 23.8 Å². The first-order valence-corrected chi connectivity index (χ1v) is 6.58. The summed E-state index contributed by atoms with van der Waals surface area (Å²) in [5.41, 5.74) is 2.23. The van der Waals surface area contributed by atoms with Crippen LogP contribution in [0.25, 0.3) is 0 Å². The molecule has 2 N–H and O–H groups in total. The molecule has 0 radical (unpaired) electrons. The predicted octanol–water partition coefficient (Wildman–Crippen LogP) is 0.470. The van der Waals surface area contributed by atoms with Crippen LogP contribution in [0.1, 0.15) is 16.7 Å². The van der Waals surface area contributed by atoms with Gasteiger partial charge < -0.3 is 5.32 Å². The Morgan fingerprint density at radius 1 is 1.24 bits per heavy atom. The number of nitrogens with zero attached hydrogens (tertiary/aromatic N) is 1. The van der Waals surface area contributed by atoms with Gasteiger partial charge in [0.1, 0.15) is 6.54 Å². The fourth-order valence-electron chi connectivity index (χ4n) is 2.02. The summed E-state index contributed by atoms with van der Waals surface area (Å²) in [5.74, 6) is -0.288. The lowest BCUT2D eigenvalue weighted by Crippen LogP contribution is -2.35. The Labute approximate surface area is 121 Å². The number of aryl methyl sites for hydroxylation is 2. The molecule has 0 saturated heterocycles. The number of nitrogens with one attached hydrogen (secondary N) is 2. The first-order chi connectivity index (χ1) is 9.95. The van der Waals surface area contributed by atoms with Crippen molar-refractivity contribution in [1.82, 2.24) is 14.9 Å². The van der Waals surface area contributed by atoms with Crippen LogP contribution in [-0.4, -0.2) is 15.5 Å². The van der Waals surface area contributed by atoms with Crippen molar-refractivity contribution >= 4 is 5.91 Å². The molecular formula is C15H17N3O3. The maximum Gasteiger partial charge on any atom is 0.328 e. The van der Waals surface area contributed by atoms with Crippen LogP contribution in [0.3, 0.4) is 0 Å². The van der Waals surface area contributed by atoms with Crippen molar-refractivity contribution < 1.29 is 4.79 Å². The number of carbonyl (C=O) groups is 1. The minimum atomic E-state index is -0.593. The van der Waals surface area contributed by atoms with E-state index in [2.05, 4.69) is 10.3 Å². The highest BCUT2D eigenvalue weighted by molar-refractivity contribution is 5.75. The van der Waals surface area contributed by atoms with E-state index in [1.54, 1.807) is 0 Å². The number of aromatic nitrogens is 2. The third-order valence-corrected chi connectivity index (χ3v) is 3.18. The lowest BCUT2D eigenvalue weighted by molar-refractivity contribution is -0.121. The lowest BCUT2D eigenvalue weighted by atomic mass is 10.1. The monoisotopic (exact) mass is 287 g/mol. The van der Waals surface area contributed by atoms with Crippen LogP contribution in [0.5, 0.6) is 0 Å². The molecule has 0 bridgehead atoms. The van der Waals surface area contributed by atoms with Crippen LogP contribution >= 0.6 is 0 Å². The first kappa shape index (κ1) is 14.8. The SMILES string of the molecule is Cc1ccc(CNC(=O)Cn2ccc(=O)[nH]c2=O)c(C)c1. The molecule has 2 rings (SSSR count). The van der Waals surface area contributed by atoms with Crippen molar-refractivity contribution in [1.29, 1.82) is 0 Å².